The standard InChI is InChI=1S/C15H23NO4/c1-2-3-9-19-12-14(11-17)20-15(18)16-10-13-7-5-4-6-8-13/h4-8,14,17H,2-3,9-12H2,1H3,(H,16,18). The third-order valence-corrected chi connectivity index (χ3v) is 2.70. The highest BCUT2D eigenvalue weighted by atomic mass is 16.6. The van der Waals surface area contributed by atoms with Crippen molar-refractivity contribution < 1.29 is 19.4 Å². The molecule has 1 rings (SSSR count). The molecule has 1 unspecified atom stereocenters. The second-order valence-electron chi connectivity index (χ2n) is 4.48. The second-order valence-corrected chi connectivity index (χ2v) is 4.48. The molecule has 0 radical (unpaired) electrons. The number of unbranched alkanes of at least 4 members (excludes halogenated alkanes) is 1. The van der Waals surface area contributed by atoms with Crippen LogP contribution in [0.25, 0.3) is 0 Å². The van der Waals surface area contributed by atoms with E-state index >= 15 is 0 Å². The van der Waals surface area contributed by atoms with Crippen molar-refractivity contribution in [3.63, 3.8) is 0 Å². The van der Waals surface area contributed by atoms with Gasteiger partial charge in [-0.3, -0.25) is 0 Å². The van der Waals surface area contributed by atoms with Crippen molar-refractivity contribution in [1.29, 1.82) is 0 Å². The highest BCUT2D eigenvalue weighted by molar-refractivity contribution is 5.67. The van der Waals surface area contributed by atoms with Crippen molar-refractivity contribution in [2.45, 2.75) is 32.4 Å². The zero-order valence-corrected chi connectivity index (χ0v) is 11.9. The van der Waals surface area contributed by atoms with Crippen LogP contribution in [0.5, 0.6) is 0 Å². The number of ether oxygens (including phenoxy) is 2. The molecule has 1 aromatic rings. The monoisotopic (exact) mass is 281 g/mol. The number of benzene rings is 1. The fourth-order valence-corrected chi connectivity index (χ4v) is 1.55. The number of hydrogen-bond donors (Lipinski definition) is 2. The topological polar surface area (TPSA) is 67.8 Å². The molecule has 0 aliphatic carbocycles. The molecule has 0 aliphatic heterocycles. The van der Waals surface area contributed by atoms with E-state index < -0.39 is 12.2 Å². The third-order valence-electron chi connectivity index (χ3n) is 2.70. The molecule has 2 N–H and O–H groups in total. The number of carbonyl (C=O) groups excluding carboxylic acids is 1. The number of aliphatic hydroxyl groups is 1. The Balaban J connectivity index is 2.21. The molecule has 1 atom stereocenters. The molecule has 112 valence electrons. The van der Waals surface area contributed by atoms with Gasteiger partial charge in [-0.05, 0) is 12.0 Å². The molecule has 0 saturated carbocycles. The predicted molar refractivity (Wildman–Crippen MR) is 76.4 cm³/mol. The van der Waals surface area contributed by atoms with E-state index in [1.165, 1.54) is 0 Å². The van der Waals surface area contributed by atoms with Crippen LogP contribution in [0.3, 0.4) is 0 Å². The van der Waals surface area contributed by atoms with E-state index in [4.69, 9.17) is 14.6 Å². The minimum Gasteiger partial charge on any atom is -0.441 e. The summed E-state index contributed by atoms with van der Waals surface area (Å²) in [6.07, 6.45) is 0.829. The Labute approximate surface area is 119 Å². The second kappa shape index (κ2) is 10.2. The van der Waals surface area contributed by atoms with Crippen LogP contribution in [0.4, 0.5) is 4.79 Å². The highest BCUT2D eigenvalue weighted by Gasteiger charge is 2.13. The zero-order chi connectivity index (χ0) is 14.6. The van der Waals surface area contributed by atoms with Crippen LogP contribution in [-0.2, 0) is 16.0 Å². The number of hydrogen-bond acceptors (Lipinski definition) is 4. The number of carbonyl (C=O) groups is 1. The number of rotatable bonds is 9. The number of nitrogens with one attached hydrogen (secondary N) is 1. The van der Waals surface area contributed by atoms with Crippen LogP contribution in [0.1, 0.15) is 25.3 Å². The molecule has 0 heterocycles. The third kappa shape index (κ3) is 7.11. The summed E-state index contributed by atoms with van der Waals surface area (Å²) in [4.78, 5) is 11.6. The van der Waals surface area contributed by atoms with Crippen LogP contribution in [0, 0.1) is 0 Å². The molecule has 5 nitrogen and oxygen atoms in total. The van der Waals surface area contributed by atoms with Gasteiger partial charge in [-0.1, -0.05) is 43.7 Å². The predicted octanol–water partition coefficient (Wildman–Crippen LogP) is 2.09. The molecule has 0 aliphatic rings. The van der Waals surface area contributed by atoms with Crippen LogP contribution in [0.2, 0.25) is 0 Å². The van der Waals surface area contributed by atoms with Gasteiger partial charge in [-0.15, -0.1) is 0 Å². The Kier molecular flexibility index (Phi) is 8.42. The Morgan fingerprint density at radius 2 is 2.10 bits per heavy atom. The molecular formula is C15H23NO4. The van der Waals surface area contributed by atoms with Gasteiger partial charge >= 0.3 is 6.09 Å². The summed E-state index contributed by atoms with van der Waals surface area (Å²) in [6, 6.07) is 9.55. The molecule has 1 amide bonds. The van der Waals surface area contributed by atoms with Crippen molar-refractivity contribution in [2.24, 2.45) is 0 Å². The first-order valence-corrected chi connectivity index (χ1v) is 6.93. The van der Waals surface area contributed by atoms with Gasteiger partial charge in [0.2, 0.25) is 0 Å². The van der Waals surface area contributed by atoms with Gasteiger partial charge in [0.1, 0.15) is 6.10 Å². The van der Waals surface area contributed by atoms with E-state index in [1.54, 1.807) is 0 Å². The fraction of sp³-hybridized carbons (Fsp3) is 0.533. The van der Waals surface area contributed by atoms with Gasteiger partial charge in [-0.25, -0.2) is 4.79 Å². The Bertz CT molecular complexity index is 369. The van der Waals surface area contributed by atoms with Gasteiger partial charge < -0.3 is 19.9 Å². The first-order valence-electron chi connectivity index (χ1n) is 6.93. The van der Waals surface area contributed by atoms with E-state index in [0.717, 1.165) is 18.4 Å². The van der Waals surface area contributed by atoms with Gasteiger partial charge in [0, 0.05) is 13.2 Å². The summed E-state index contributed by atoms with van der Waals surface area (Å²) in [5, 5.41) is 11.8. The fourth-order valence-electron chi connectivity index (χ4n) is 1.55. The van der Waals surface area contributed by atoms with E-state index in [0.29, 0.717) is 13.2 Å². The van der Waals surface area contributed by atoms with E-state index in [9.17, 15) is 4.79 Å². The number of aliphatic hydroxyl groups excluding tert-OH is 1. The first-order chi connectivity index (χ1) is 9.76. The summed E-state index contributed by atoms with van der Waals surface area (Å²) in [5.74, 6) is 0. The van der Waals surface area contributed by atoms with Crippen LogP contribution in [0.15, 0.2) is 30.3 Å². The van der Waals surface area contributed by atoms with Gasteiger partial charge in [0.05, 0.1) is 13.2 Å². The minimum atomic E-state index is -0.623. The van der Waals surface area contributed by atoms with Crippen LogP contribution in [-0.4, -0.2) is 37.1 Å². The lowest BCUT2D eigenvalue weighted by Crippen LogP contribution is -2.33. The van der Waals surface area contributed by atoms with E-state index in [2.05, 4.69) is 12.2 Å². The number of alkyl carbamates (subject to hydrolysis) is 1. The molecule has 0 saturated heterocycles. The quantitative estimate of drug-likeness (QED) is 0.680. The van der Waals surface area contributed by atoms with Crippen LogP contribution < -0.4 is 5.32 Å². The summed E-state index contributed by atoms with van der Waals surface area (Å²) in [6.45, 7) is 3.05. The number of amides is 1. The van der Waals surface area contributed by atoms with Crippen LogP contribution >= 0.6 is 0 Å². The first kappa shape index (κ1) is 16.5. The van der Waals surface area contributed by atoms with Gasteiger partial charge in [-0.2, -0.15) is 0 Å². The molecular weight excluding hydrogens is 258 g/mol. The maximum absolute atomic E-state index is 11.6. The average Bonchev–Trinajstić information content (AvgIpc) is 2.49. The Morgan fingerprint density at radius 1 is 1.35 bits per heavy atom. The molecule has 0 spiro atoms. The largest absolute Gasteiger partial charge is 0.441 e. The Morgan fingerprint density at radius 3 is 2.75 bits per heavy atom. The molecule has 0 fully saturated rings. The lowest BCUT2D eigenvalue weighted by atomic mass is 10.2. The SMILES string of the molecule is CCCCOCC(CO)OC(=O)NCc1ccccc1. The van der Waals surface area contributed by atoms with Gasteiger partial charge in [0.25, 0.3) is 0 Å². The summed E-state index contributed by atoms with van der Waals surface area (Å²) in [5.41, 5.74) is 0.990. The van der Waals surface area contributed by atoms with E-state index in [-0.39, 0.29) is 13.2 Å². The van der Waals surface area contributed by atoms with Crippen molar-refractivity contribution in [1.82, 2.24) is 5.32 Å². The smallest absolute Gasteiger partial charge is 0.407 e. The van der Waals surface area contributed by atoms with Crippen molar-refractivity contribution >= 4 is 6.09 Å². The zero-order valence-electron chi connectivity index (χ0n) is 11.9. The Hall–Kier alpha value is -1.59. The lowest BCUT2D eigenvalue weighted by molar-refractivity contribution is -0.00751. The molecule has 1 aromatic carbocycles. The lowest BCUT2D eigenvalue weighted by Gasteiger charge is -2.16. The molecule has 20 heavy (non-hydrogen) atoms. The maximum atomic E-state index is 11.6. The van der Waals surface area contributed by atoms with Crippen molar-refractivity contribution in [3.05, 3.63) is 35.9 Å². The van der Waals surface area contributed by atoms with Crippen molar-refractivity contribution in [2.75, 3.05) is 19.8 Å². The highest BCUT2D eigenvalue weighted by Crippen LogP contribution is 1.99. The summed E-state index contributed by atoms with van der Waals surface area (Å²) >= 11 is 0. The minimum absolute atomic E-state index is 0.218. The molecule has 0 bridgehead atoms. The summed E-state index contributed by atoms with van der Waals surface area (Å²) < 4.78 is 10.4. The molecule has 5 heteroatoms. The average molecular weight is 281 g/mol. The summed E-state index contributed by atoms with van der Waals surface area (Å²) in [7, 11) is 0. The molecule has 0 aromatic heterocycles. The van der Waals surface area contributed by atoms with E-state index in [1.807, 2.05) is 30.3 Å². The normalized spacial score (nSPS) is 11.9. The van der Waals surface area contributed by atoms with Gasteiger partial charge in [0.15, 0.2) is 0 Å². The van der Waals surface area contributed by atoms with Crippen molar-refractivity contribution in [3.8, 4) is 0 Å². The maximum Gasteiger partial charge on any atom is 0.407 e.